The number of aryl methyl sites for hydroxylation is 1. The first-order valence-corrected chi connectivity index (χ1v) is 6.20. The van der Waals surface area contributed by atoms with Crippen LogP contribution in [0.1, 0.15) is 11.4 Å². The minimum absolute atomic E-state index is 0.638. The highest BCUT2D eigenvalue weighted by Crippen LogP contribution is 2.18. The number of benzene rings is 1. The highest BCUT2D eigenvalue weighted by molar-refractivity contribution is 5.33. The molecule has 0 bridgehead atoms. The lowest BCUT2D eigenvalue weighted by molar-refractivity contribution is 0.294. The highest BCUT2D eigenvalue weighted by atomic mass is 16.5. The van der Waals surface area contributed by atoms with Crippen molar-refractivity contribution in [2.75, 3.05) is 13.2 Å². The summed E-state index contributed by atoms with van der Waals surface area (Å²) in [6.07, 6.45) is 4.61. The molecule has 0 saturated heterocycles. The zero-order valence-corrected chi connectivity index (χ0v) is 10.7. The van der Waals surface area contributed by atoms with Crippen LogP contribution in [0.3, 0.4) is 0 Å². The van der Waals surface area contributed by atoms with Gasteiger partial charge in [0, 0.05) is 12.4 Å². The first-order valence-electron chi connectivity index (χ1n) is 6.20. The van der Waals surface area contributed by atoms with E-state index in [-0.39, 0.29) is 0 Å². The number of imidazole rings is 1. The Bertz CT molecular complexity index is 493. The minimum atomic E-state index is 0.638. The van der Waals surface area contributed by atoms with Gasteiger partial charge in [0.25, 0.3) is 0 Å². The molecule has 2 aromatic rings. The maximum absolute atomic E-state index is 5.81. The number of para-hydroxylation sites is 1. The molecule has 1 heterocycles. The van der Waals surface area contributed by atoms with Crippen LogP contribution in [0.4, 0.5) is 0 Å². The van der Waals surface area contributed by atoms with Gasteiger partial charge >= 0.3 is 0 Å². The average molecular weight is 245 g/mol. The third kappa shape index (κ3) is 3.11. The standard InChI is InChI=1S/C14H19N3O/c1-12-16-8-9-17(12)10-11-18-14-5-3-2-4-13(14)6-7-15/h2-5,8-9H,6-7,10-11,15H2,1H3. The van der Waals surface area contributed by atoms with E-state index in [2.05, 4.69) is 15.6 Å². The molecule has 0 fully saturated rings. The lowest BCUT2D eigenvalue weighted by Gasteiger charge is -2.11. The Morgan fingerprint density at radius 3 is 2.89 bits per heavy atom. The summed E-state index contributed by atoms with van der Waals surface area (Å²) in [4.78, 5) is 4.18. The van der Waals surface area contributed by atoms with Crippen molar-refractivity contribution >= 4 is 0 Å². The molecule has 0 aliphatic rings. The van der Waals surface area contributed by atoms with E-state index in [1.165, 1.54) is 5.56 Å². The second-order valence-corrected chi connectivity index (χ2v) is 4.16. The molecule has 0 amide bonds. The fraction of sp³-hybridized carbons (Fsp3) is 0.357. The van der Waals surface area contributed by atoms with Crippen LogP contribution in [-0.4, -0.2) is 22.7 Å². The Hall–Kier alpha value is -1.81. The predicted octanol–water partition coefficient (Wildman–Crippen LogP) is 1.77. The summed E-state index contributed by atoms with van der Waals surface area (Å²) in [5, 5.41) is 0. The van der Waals surface area contributed by atoms with Gasteiger partial charge in [-0.05, 0) is 31.5 Å². The average Bonchev–Trinajstić information content (AvgIpc) is 2.78. The molecule has 1 aromatic heterocycles. The number of nitrogens with two attached hydrogens (primary N) is 1. The molecule has 1 aromatic carbocycles. The smallest absolute Gasteiger partial charge is 0.122 e. The Morgan fingerprint density at radius 2 is 2.17 bits per heavy atom. The van der Waals surface area contributed by atoms with Crippen molar-refractivity contribution in [1.29, 1.82) is 0 Å². The summed E-state index contributed by atoms with van der Waals surface area (Å²) in [7, 11) is 0. The Morgan fingerprint density at radius 1 is 1.33 bits per heavy atom. The summed E-state index contributed by atoms with van der Waals surface area (Å²) in [6.45, 7) is 4.07. The first kappa shape index (κ1) is 12.6. The van der Waals surface area contributed by atoms with Crippen LogP contribution in [-0.2, 0) is 13.0 Å². The van der Waals surface area contributed by atoms with Crippen molar-refractivity contribution < 1.29 is 4.74 Å². The van der Waals surface area contributed by atoms with Gasteiger partial charge in [-0.1, -0.05) is 18.2 Å². The molecule has 4 heteroatoms. The Balaban J connectivity index is 1.92. The molecule has 2 N–H and O–H groups in total. The van der Waals surface area contributed by atoms with Crippen LogP contribution in [0.5, 0.6) is 5.75 Å². The van der Waals surface area contributed by atoms with Gasteiger partial charge in [-0.25, -0.2) is 4.98 Å². The van der Waals surface area contributed by atoms with Crippen LogP contribution < -0.4 is 10.5 Å². The van der Waals surface area contributed by atoms with Crippen LogP contribution >= 0.6 is 0 Å². The number of hydrogen-bond acceptors (Lipinski definition) is 3. The van der Waals surface area contributed by atoms with Crippen LogP contribution in [0.25, 0.3) is 0 Å². The molecule has 0 radical (unpaired) electrons. The maximum Gasteiger partial charge on any atom is 0.122 e. The summed E-state index contributed by atoms with van der Waals surface area (Å²) >= 11 is 0. The topological polar surface area (TPSA) is 53.1 Å². The van der Waals surface area contributed by atoms with Crippen molar-refractivity contribution in [3.63, 3.8) is 0 Å². The largest absolute Gasteiger partial charge is 0.491 e. The van der Waals surface area contributed by atoms with Crippen molar-refractivity contribution in [3.05, 3.63) is 48.0 Å². The van der Waals surface area contributed by atoms with Gasteiger partial charge in [0.1, 0.15) is 18.2 Å². The van der Waals surface area contributed by atoms with E-state index in [4.69, 9.17) is 10.5 Å². The minimum Gasteiger partial charge on any atom is -0.491 e. The van der Waals surface area contributed by atoms with Gasteiger partial charge in [-0.3, -0.25) is 0 Å². The molecule has 0 spiro atoms. The molecular weight excluding hydrogens is 226 g/mol. The van der Waals surface area contributed by atoms with E-state index >= 15 is 0 Å². The van der Waals surface area contributed by atoms with Crippen molar-refractivity contribution in [2.45, 2.75) is 19.9 Å². The van der Waals surface area contributed by atoms with Gasteiger partial charge in [-0.15, -0.1) is 0 Å². The molecule has 4 nitrogen and oxygen atoms in total. The van der Waals surface area contributed by atoms with Gasteiger partial charge < -0.3 is 15.0 Å². The number of hydrogen-bond donors (Lipinski definition) is 1. The second-order valence-electron chi connectivity index (χ2n) is 4.16. The molecule has 0 aliphatic carbocycles. The van der Waals surface area contributed by atoms with E-state index in [9.17, 15) is 0 Å². The monoisotopic (exact) mass is 245 g/mol. The number of rotatable bonds is 6. The van der Waals surface area contributed by atoms with Gasteiger partial charge in [0.2, 0.25) is 0 Å². The third-order valence-electron chi connectivity index (χ3n) is 2.90. The Labute approximate surface area is 107 Å². The quantitative estimate of drug-likeness (QED) is 0.844. The van der Waals surface area contributed by atoms with E-state index < -0.39 is 0 Å². The van der Waals surface area contributed by atoms with E-state index in [1.54, 1.807) is 6.20 Å². The molecule has 0 atom stereocenters. The van der Waals surface area contributed by atoms with Crippen molar-refractivity contribution in [2.24, 2.45) is 5.73 Å². The van der Waals surface area contributed by atoms with E-state index in [1.807, 2.05) is 31.3 Å². The van der Waals surface area contributed by atoms with E-state index in [0.717, 1.165) is 24.5 Å². The second kappa shape index (κ2) is 6.21. The fourth-order valence-corrected chi connectivity index (χ4v) is 1.90. The number of aromatic nitrogens is 2. The molecule has 18 heavy (non-hydrogen) atoms. The summed E-state index contributed by atoms with van der Waals surface area (Å²) in [5.41, 5.74) is 6.76. The van der Waals surface area contributed by atoms with Crippen LogP contribution in [0.15, 0.2) is 36.7 Å². The zero-order valence-electron chi connectivity index (χ0n) is 10.7. The molecule has 2 rings (SSSR count). The Kier molecular flexibility index (Phi) is 4.36. The van der Waals surface area contributed by atoms with Crippen LogP contribution in [0.2, 0.25) is 0 Å². The van der Waals surface area contributed by atoms with E-state index in [0.29, 0.717) is 13.2 Å². The van der Waals surface area contributed by atoms with Crippen molar-refractivity contribution in [1.82, 2.24) is 9.55 Å². The third-order valence-corrected chi connectivity index (χ3v) is 2.90. The summed E-state index contributed by atoms with van der Waals surface area (Å²) < 4.78 is 7.89. The number of ether oxygens (including phenoxy) is 1. The fourth-order valence-electron chi connectivity index (χ4n) is 1.90. The maximum atomic E-state index is 5.81. The van der Waals surface area contributed by atoms with Gasteiger partial charge in [0.15, 0.2) is 0 Å². The normalized spacial score (nSPS) is 10.6. The molecule has 0 aliphatic heterocycles. The zero-order chi connectivity index (χ0) is 12.8. The lowest BCUT2D eigenvalue weighted by Crippen LogP contribution is -2.10. The summed E-state index contributed by atoms with van der Waals surface area (Å²) in [5.74, 6) is 1.94. The predicted molar refractivity (Wildman–Crippen MR) is 71.7 cm³/mol. The van der Waals surface area contributed by atoms with Crippen molar-refractivity contribution in [3.8, 4) is 5.75 Å². The van der Waals surface area contributed by atoms with Crippen LogP contribution in [0, 0.1) is 6.92 Å². The molecular formula is C14H19N3O. The number of nitrogens with zero attached hydrogens (tertiary/aromatic N) is 2. The summed E-state index contributed by atoms with van der Waals surface area (Å²) in [6, 6.07) is 8.05. The lowest BCUT2D eigenvalue weighted by atomic mass is 10.1. The molecule has 0 saturated carbocycles. The first-order chi connectivity index (χ1) is 8.81. The van der Waals surface area contributed by atoms with Gasteiger partial charge in [0.05, 0.1) is 6.54 Å². The molecule has 96 valence electrons. The van der Waals surface area contributed by atoms with Gasteiger partial charge in [-0.2, -0.15) is 0 Å². The highest BCUT2D eigenvalue weighted by Gasteiger charge is 2.02. The SMILES string of the molecule is Cc1nccn1CCOc1ccccc1CCN. The molecule has 0 unspecified atom stereocenters.